The van der Waals surface area contributed by atoms with Crippen molar-refractivity contribution < 1.29 is 13.9 Å². The molecule has 1 amide bonds. The van der Waals surface area contributed by atoms with E-state index in [9.17, 15) is 9.18 Å². The van der Waals surface area contributed by atoms with Crippen molar-refractivity contribution in [3.8, 4) is 5.75 Å². The zero-order valence-electron chi connectivity index (χ0n) is 13.4. The SMILES string of the molecule is COc1ccc(C(=O)N[C@@H]2CCCN(c3ncccn3)C2)cc1F. The van der Waals surface area contributed by atoms with E-state index in [4.69, 9.17) is 4.74 Å². The summed E-state index contributed by atoms with van der Waals surface area (Å²) in [5.41, 5.74) is 0.279. The van der Waals surface area contributed by atoms with Gasteiger partial charge < -0.3 is 15.0 Å². The molecule has 24 heavy (non-hydrogen) atoms. The summed E-state index contributed by atoms with van der Waals surface area (Å²) in [4.78, 5) is 22.9. The molecule has 1 aromatic heterocycles. The number of hydrogen-bond donors (Lipinski definition) is 1. The van der Waals surface area contributed by atoms with Crippen LogP contribution in [-0.4, -0.2) is 42.1 Å². The number of methoxy groups -OCH3 is 1. The molecule has 1 aliphatic rings. The molecule has 0 aliphatic carbocycles. The largest absolute Gasteiger partial charge is 0.494 e. The lowest BCUT2D eigenvalue weighted by Gasteiger charge is -2.33. The first-order valence-electron chi connectivity index (χ1n) is 7.84. The van der Waals surface area contributed by atoms with Gasteiger partial charge >= 0.3 is 0 Å². The molecule has 6 nitrogen and oxygen atoms in total. The van der Waals surface area contributed by atoms with Crippen LogP contribution in [0.4, 0.5) is 10.3 Å². The van der Waals surface area contributed by atoms with Crippen molar-refractivity contribution in [3.05, 3.63) is 48.0 Å². The van der Waals surface area contributed by atoms with Crippen LogP contribution in [0.15, 0.2) is 36.7 Å². The number of anilines is 1. The highest BCUT2D eigenvalue weighted by molar-refractivity contribution is 5.94. The van der Waals surface area contributed by atoms with E-state index in [0.717, 1.165) is 19.4 Å². The summed E-state index contributed by atoms with van der Waals surface area (Å²) in [5, 5.41) is 2.96. The number of piperidine rings is 1. The summed E-state index contributed by atoms with van der Waals surface area (Å²) in [7, 11) is 1.39. The van der Waals surface area contributed by atoms with Crippen molar-refractivity contribution in [2.45, 2.75) is 18.9 Å². The van der Waals surface area contributed by atoms with Gasteiger partial charge in [-0.2, -0.15) is 0 Å². The molecule has 1 saturated heterocycles. The topological polar surface area (TPSA) is 67.3 Å². The average Bonchev–Trinajstić information content (AvgIpc) is 2.62. The molecule has 126 valence electrons. The summed E-state index contributed by atoms with van der Waals surface area (Å²) < 4.78 is 18.6. The summed E-state index contributed by atoms with van der Waals surface area (Å²) in [6.45, 7) is 1.49. The van der Waals surface area contributed by atoms with Gasteiger partial charge in [0.2, 0.25) is 5.95 Å². The molecule has 2 aromatic rings. The number of carbonyl (C=O) groups excluding carboxylic acids is 1. The second kappa shape index (κ2) is 7.25. The number of rotatable bonds is 4. The molecule has 0 bridgehead atoms. The molecule has 0 spiro atoms. The van der Waals surface area contributed by atoms with Gasteiger partial charge in [0, 0.05) is 37.1 Å². The van der Waals surface area contributed by atoms with Crippen molar-refractivity contribution in [2.24, 2.45) is 0 Å². The summed E-state index contributed by atoms with van der Waals surface area (Å²) >= 11 is 0. The predicted octanol–water partition coefficient (Wildman–Crippen LogP) is 2.02. The predicted molar refractivity (Wildman–Crippen MR) is 87.7 cm³/mol. The molecule has 1 aliphatic heterocycles. The van der Waals surface area contributed by atoms with Gasteiger partial charge in [-0.3, -0.25) is 4.79 Å². The van der Waals surface area contributed by atoms with Crippen molar-refractivity contribution in [1.82, 2.24) is 15.3 Å². The summed E-state index contributed by atoms with van der Waals surface area (Å²) in [6.07, 6.45) is 5.20. The zero-order chi connectivity index (χ0) is 16.9. The minimum Gasteiger partial charge on any atom is -0.494 e. The van der Waals surface area contributed by atoms with E-state index in [1.165, 1.54) is 19.2 Å². The van der Waals surface area contributed by atoms with Crippen molar-refractivity contribution in [3.63, 3.8) is 0 Å². The Morgan fingerprint density at radius 3 is 2.88 bits per heavy atom. The Bertz CT molecular complexity index is 711. The van der Waals surface area contributed by atoms with Gasteiger partial charge in [0.05, 0.1) is 7.11 Å². The van der Waals surface area contributed by atoms with Crippen LogP contribution in [0, 0.1) is 5.82 Å². The number of nitrogens with one attached hydrogen (secondary N) is 1. The first kappa shape index (κ1) is 16.2. The van der Waals surface area contributed by atoms with E-state index in [1.807, 2.05) is 4.90 Å². The van der Waals surface area contributed by atoms with Crippen LogP contribution >= 0.6 is 0 Å². The number of benzene rings is 1. The average molecular weight is 330 g/mol. The maximum Gasteiger partial charge on any atom is 0.251 e. The maximum absolute atomic E-state index is 13.7. The second-order valence-electron chi connectivity index (χ2n) is 5.66. The smallest absolute Gasteiger partial charge is 0.251 e. The fraction of sp³-hybridized carbons (Fsp3) is 0.353. The fourth-order valence-electron chi connectivity index (χ4n) is 2.81. The number of ether oxygens (including phenoxy) is 1. The highest BCUT2D eigenvalue weighted by Gasteiger charge is 2.23. The van der Waals surface area contributed by atoms with Gasteiger partial charge in [-0.05, 0) is 37.1 Å². The standard InChI is InChI=1S/C17H19FN4O2/c1-24-15-6-5-12(10-14(15)18)16(23)21-13-4-2-9-22(11-13)17-19-7-3-8-20-17/h3,5-8,10,13H,2,4,9,11H2,1H3,(H,21,23)/t13-/m1/s1. The highest BCUT2D eigenvalue weighted by atomic mass is 19.1. The lowest BCUT2D eigenvalue weighted by molar-refractivity contribution is 0.0932. The van der Waals surface area contributed by atoms with E-state index >= 15 is 0 Å². The number of halogens is 1. The lowest BCUT2D eigenvalue weighted by Crippen LogP contribution is -2.48. The molecule has 0 saturated carbocycles. The minimum atomic E-state index is -0.548. The fourth-order valence-corrected chi connectivity index (χ4v) is 2.81. The number of nitrogens with zero attached hydrogens (tertiary/aromatic N) is 3. The molecule has 1 fully saturated rings. The normalized spacial score (nSPS) is 17.4. The molecule has 2 heterocycles. The molecular weight excluding hydrogens is 311 g/mol. The molecule has 1 aromatic carbocycles. The molecule has 7 heteroatoms. The Balaban J connectivity index is 1.65. The molecule has 3 rings (SSSR count). The number of amides is 1. The third-order valence-corrected chi connectivity index (χ3v) is 4.01. The number of carbonyl (C=O) groups is 1. The van der Waals surface area contributed by atoms with Crippen LogP contribution in [0.1, 0.15) is 23.2 Å². The van der Waals surface area contributed by atoms with Gasteiger partial charge in [0.15, 0.2) is 11.6 Å². The van der Waals surface area contributed by atoms with Gasteiger partial charge in [-0.25, -0.2) is 14.4 Å². The Kier molecular flexibility index (Phi) is 4.88. The minimum absolute atomic E-state index is 0.0276. The quantitative estimate of drug-likeness (QED) is 0.929. The Labute approximate surface area is 139 Å². The van der Waals surface area contributed by atoms with Crippen molar-refractivity contribution in [1.29, 1.82) is 0 Å². The Morgan fingerprint density at radius 2 is 2.17 bits per heavy atom. The molecular formula is C17H19FN4O2. The molecule has 0 unspecified atom stereocenters. The second-order valence-corrected chi connectivity index (χ2v) is 5.66. The van der Waals surface area contributed by atoms with Crippen LogP contribution in [0.25, 0.3) is 0 Å². The monoisotopic (exact) mass is 330 g/mol. The van der Waals surface area contributed by atoms with E-state index < -0.39 is 5.82 Å². The van der Waals surface area contributed by atoms with E-state index in [0.29, 0.717) is 12.5 Å². The van der Waals surface area contributed by atoms with Crippen LogP contribution in [-0.2, 0) is 0 Å². The molecule has 1 N–H and O–H groups in total. The van der Waals surface area contributed by atoms with Gasteiger partial charge in [-0.1, -0.05) is 0 Å². The van der Waals surface area contributed by atoms with Gasteiger partial charge in [-0.15, -0.1) is 0 Å². The first-order valence-corrected chi connectivity index (χ1v) is 7.84. The Hall–Kier alpha value is -2.70. The van der Waals surface area contributed by atoms with Crippen molar-refractivity contribution in [2.75, 3.05) is 25.1 Å². The van der Waals surface area contributed by atoms with Crippen LogP contribution in [0.3, 0.4) is 0 Å². The van der Waals surface area contributed by atoms with E-state index in [2.05, 4.69) is 15.3 Å². The Morgan fingerprint density at radius 1 is 1.38 bits per heavy atom. The number of hydrogen-bond acceptors (Lipinski definition) is 5. The van der Waals surface area contributed by atoms with E-state index in [-0.39, 0.29) is 23.3 Å². The van der Waals surface area contributed by atoms with E-state index in [1.54, 1.807) is 24.5 Å². The van der Waals surface area contributed by atoms with Crippen LogP contribution < -0.4 is 15.0 Å². The zero-order valence-corrected chi connectivity index (χ0v) is 13.4. The lowest BCUT2D eigenvalue weighted by atomic mass is 10.1. The maximum atomic E-state index is 13.7. The third-order valence-electron chi connectivity index (χ3n) is 4.01. The summed E-state index contributed by atoms with van der Waals surface area (Å²) in [5.74, 6) is -0.0611. The van der Waals surface area contributed by atoms with Crippen LogP contribution in [0.5, 0.6) is 5.75 Å². The third kappa shape index (κ3) is 3.61. The van der Waals surface area contributed by atoms with Gasteiger partial charge in [0.1, 0.15) is 0 Å². The van der Waals surface area contributed by atoms with Gasteiger partial charge in [0.25, 0.3) is 5.91 Å². The first-order chi connectivity index (χ1) is 11.7. The molecule has 0 radical (unpaired) electrons. The summed E-state index contributed by atoms with van der Waals surface area (Å²) in [6, 6.07) is 5.94. The highest BCUT2D eigenvalue weighted by Crippen LogP contribution is 2.19. The number of aromatic nitrogens is 2. The van der Waals surface area contributed by atoms with Crippen molar-refractivity contribution >= 4 is 11.9 Å². The van der Waals surface area contributed by atoms with Crippen LogP contribution in [0.2, 0.25) is 0 Å². The molecule has 1 atom stereocenters.